The van der Waals surface area contributed by atoms with E-state index >= 15 is 0 Å². The maximum absolute atomic E-state index is 12.6. The number of carbonyl (C=O) groups is 1. The second kappa shape index (κ2) is 8.83. The monoisotopic (exact) mass is 423 g/mol. The van der Waals surface area contributed by atoms with Crippen molar-refractivity contribution in [2.24, 2.45) is 4.99 Å². The standard InChI is InChI=1S/C23H25N3O3S/c1-4-18(16-6-7-19-17(13-16)9-10-26(19)2)24-23(30-3)25-22(27)12-15-5-8-20-21(11-15)29-14-28-20/h4-8,11,13H,9-10,12,14H2,1-3H3,(H,24,25,27)/b18-4+. The lowest BCUT2D eigenvalue weighted by Gasteiger charge is -2.13. The Kier molecular flexibility index (Phi) is 5.99. The first-order chi connectivity index (χ1) is 14.6. The van der Waals surface area contributed by atoms with Crippen molar-refractivity contribution < 1.29 is 14.3 Å². The number of thioether (sulfide) groups is 1. The molecule has 6 nitrogen and oxygen atoms in total. The van der Waals surface area contributed by atoms with Gasteiger partial charge in [-0.2, -0.15) is 0 Å². The summed E-state index contributed by atoms with van der Waals surface area (Å²) in [6.07, 6.45) is 5.17. The molecule has 2 aromatic rings. The van der Waals surface area contributed by atoms with E-state index in [1.165, 1.54) is 23.0 Å². The van der Waals surface area contributed by atoms with Gasteiger partial charge in [-0.25, -0.2) is 4.99 Å². The number of nitrogens with zero attached hydrogens (tertiary/aromatic N) is 2. The molecule has 0 spiro atoms. The number of likely N-dealkylation sites (N-methyl/N-ethyl adjacent to an activating group) is 1. The maximum Gasteiger partial charge on any atom is 0.231 e. The number of allylic oxidation sites excluding steroid dienone is 1. The second-order valence-corrected chi connectivity index (χ2v) is 8.02. The number of carbonyl (C=O) groups excluding carboxylic acids is 1. The molecule has 0 radical (unpaired) electrons. The van der Waals surface area contributed by atoms with Crippen molar-refractivity contribution in [2.45, 2.75) is 19.8 Å². The minimum absolute atomic E-state index is 0.118. The molecule has 0 aromatic heterocycles. The molecular formula is C23H25N3O3S. The smallest absolute Gasteiger partial charge is 0.231 e. The Balaban J connectivity index is 1.46. The first kappa shape index (κ1) is 20.3. The summed E-state index contributed by atoms with van der Waals surface area (Å²) in [7, 11) is 2.11. The van der Waals surface area contributed by atoms with Crippen LogP contribution in [-0.4, -0.2) is 37.7 Å². The highest BCUT2D eigenvalue weighted by molar-refractivity contribution is 8.13. The molecule has 0 saturated carbocycles. The Morgan fingerprint density at radius 3 is 2.87 bits per heavy atom. The van der Waals surface area contributed by atoms with Crippen molar-refractivity contribution in [1.82, 2.24) is 5.32 Å². The topological polar surface area (TPSA) is 63.2 Å². The van der Waals surface area contributed by atoms with Gasteiger partial charge >= 0.3 is 0 Å². The average molecular weight is 424 g/mol. The minimum atomic E-state index is -0.118. The van der Waals surface area contributed by atoms with Gasteiger partial charge in [-0.05, 0) is 55.0 Å². The molecule has 4 rings (SSSR count). The van der Waals surface area contributed by atoms with E-state index in [-0.39, 0.29) is 19.1 Å². The molecule has 2 aliphatic heterocycles. The third kappa shape index (κ3) is 4.31. The number of rotatable bonds is 4. The Morgan fingerprint density at radius 2 is 2.07 bits per heavy atom. The molecule has 156 valence electrons. The number of hydrogen-bond donors (Lipinski definition) is 1. The molecular weight excluding hydrogens is 398 g/mol. The first-order valence-electron chi connectivity index (χ1n) is 9.89. The van der Waals surface area contributed by atoms with E-state index in [2.05, 4.69) is 35.5 Å². The number of anilines is 1. The summed E-state index contributed by atoms with van der Waals surface area (Å²) in [5, 5.41) is 3.51. The highest BCUT2D eigenvalue weighted by atomic mass is 32.2. The number of aliphatic imine (C=N–C) groups is 1. The van der Waals surface area contributed by atoms with Crippen molar-refractivity contribution in [3.05, 3.63) is 59.2 Å². The minimum Gasteiger partial charge on any atom is -0.454 e. The first-order valence-corrected chi connectivity index (χ1v) is 11.1. The maximum atomic E-state index is 12.6. The van der Waals surface area contributed by atoms with Crippen molar-refractivity contribution in [1.29, 1.82) is 0 Å². The van der Waals surface area contributed by atoms with Gasteiger partial charge in [0, 0.05) is 24.8 Å². The van der Waals surface area contributed by atoms with Gasteiger partial charge in [-0.15, -0.1) is 0 Å². The SMILES string of the molecule is C/C=C(/N=C(NC(=O)Cc1ccc2c(c1)OCO2)SC)c1ccc2c(c1)CCN2C. The summed E-state index contributed by atoms with van der Waals surface area (Å²) in [4.78, 5) is 19.6. The Hall–Kier alpha value is -2.93. The fraction of sp³-hybridized carbons (Fsp3) is 0.304. The normalized spacial score (nSPS) is 15.4. The van der Waals surface area contributed by atoms with E-state index in [0.717, 1.165) is 29.8 Å². The number of amidine groups is 1. The van der Waals surface area contributed by atoms with Crippen LogP contribution < -0.4 is 19.7 Å². The van der Waals surface area contributed by atoms with Gasteiger partial charge in [0.05, 0.1) is 12.1 Å². The molecule has 1 amide bonds. The van der Waals surface area contributed by atoms with Crippen molar-refractivity contribution in [3.63, 3.8) is 0 Å². The Bertz CT molecular complexity index is 1030. The van der Waals surface area contributed by atoms with Crippen LogP contribution >= 0.6 is 11.8 Å². The largest absolute Gasteiger partial charge is 0.454 e. The van der Waals surface area contributed by atoms with Crippen LogP contribution in [0, 0.1) is 0 Å². The highest BCUT2D eigenvalue weighted by Crippen LogP contribution is 2.33. The lowest BCUT2D eigenvalue weighted by molar-refractivity contribution is -0.119. The zero-order chi connectivity index (χ0) is 21.1. The molecule has 7 heteroatoms. The van der Waals surface area contributed by atoms with Crippen LogP contribution in [-0.2, 0) is 17.6 Å². The van der Waals surface area contributed by atoms with E-state index in [1.807, 2.05) is 37.5 Å². The van der Waals surface area contributed by atoms with Crippen LogP contribution in [0.25, 0.3) is 5.70 Å². The zero-order valence-electron chi connectivity index (χ0n) is 17.4. The van der Waals surface area contributed by atoms with Crippen molar-refractivity contribution in [2.75, 3.05) is 31.5 Å². The quantitative estimate of drug-likeness (QED) is 0.598. The van der Waals surface area contributed by atoms with Gasteiger partial charge in [0.2, 0.25) is 12.7 Å². The fourth-order valence-electron chi connectivity index (χ4n) is 3.66. The molecule has 2 aliphatic rings. The highest BCUT2D eigenvalue weighted by Gasteiger charge is 2.17. The summed E-state index contributed by atoms with van der Waals surface area (Å²) in [5.41, 5.74) is 5.39. The van der Waals surface area contributed by atoms with E-state index in [9.17, 15) is 4.79 Å². The van der Waals surface area contributed by atoms with Crippen LogP contribution in [0.1, 0.15) is 23.6 Å². The van der Waals surface area contributed by atoms with Gasteiger partial charge in [0.1, 0.15) is 0 Å². The molecule has 0 bridgehead atoms. The number of ether oxygens (including phenoxy) is 2. The van der Waals surface area contributed by atoms with Crippen LogP contribution in [0.4, 0.5) is 5.69 Å². The van der Waals surface area contributed by atoms with Gasteiger partial charge < -0.3 is 19.7 Å². The molecule has 0 aliphatic carbocycles. The summed E-state index contributed by atoms with van der Waals surface area (Å²) < 4.78 is 10.7. The summed E-state index contributed by atoms with van der Waals surface area (Å²) >= 11 is 1.42. The Labute approximate surface area is 181 Å². The molecule has 1 N–H and O–H groups in total. The number of hydrogen-bond acceptors (Lipinski definition) is 6. The van der Waals surface area contributed by atoms with Gasteiger partial charge in [0.15, 0.2) is 16.7 Å². The van der Waals surface area contributed by atoms with Crippen LogP contribution in [0.15, 0.2) is 47.5 Å². The predicted molar refractivity (Wildman–Crippen MR) is 122 cm³/mol. The van der Waals surface area contributed by atoms with Gasteiger partial charge in [-0.1, -0.05) is 30.0 Å². The van der Waals surface area contributed by atoms with Crippen molar-refractivity contribution in [3.8, 4) is 11.5 Å². The molecule has 0 saturated heterocycles. The summed E-state index contributed by atoms with van der Waals surface area (Å²) in [6.45, 7) is 3.23. The third-order valence-corrected chi connectivity index (χ3v) is 5.82. The molecule has 30 heavy (non-hydrogen) atoms. The van der Waals surface area contributed by atoms with Crippen LogP contribution in [0.3, 0.4) is 0 Å². The lowest BCUT2D eigenvalue weighted by atomic mass is 10.1. The average Bonchev–Trinajstić information content (AvgIpc) is 3.37. The molecule has 0 fully saturated rings. The van der Waals surface area contributed by atoms with Crippen LogP contribution in [0.2, 0.25) is 0 Å². The summed E-state index contributed by atoms with van der Waals surface area (Å²) in [5.74, 6) is 1.27. The molecule has 2 heterocycles. The summed E-state index contributed by atoms with van der Waals surface area (Å²) in [6, 6.07) is 12.0. The number of nitrogens with one attached hydrogen (secondary N) is 1. The van der Waals surface area contributed by atoms with Gasteiger partial charge in [-0.3, -0.25) is 4.79 Å². The number of fused-ring (bicyclic) bond motifs is 2. The molecule has 2 aromatic carbocycles. The number of benzene rings is 2. The van der Waals surface area contributed by atoms with E-state index in [0.29, 0.717) is 16.7 Å². The van der Waals surface area contributed by atoms with Gasteiger partial charge in [0.25, 0.3) is 0 Å². The fourth-order valence-corrected chi connectivity index (χ4v) is 4.06. The molecule has 0 unspecified atom stereocenters. The number of amides is 1. The zero-order valence-corrected chi connectivity index (χ0v) is 18.2. The van der Waals surface area contributed by atoms with E-state index in [4.69, 9.17) is 14.5 Å². The third-order valence-electron chi connectivity index (χ3n) is 5.24. The lowest BCUT2D eigenvalue weighted by Crippen LogP contribution is -2.29. The predicted octanol–water partition coefficient (Wildman–Crippen LogP) is 3.85. The second-order valence-electron chi connectivity index (χ2n) is 7.22. The van der Waals surface area contributed by atoms with Crippen LogP contribution in [0.5, 0.6) is 11.5 Å². The van der Waals surface area contributed by atoms with Crippen molar-refractivity contribution >= 4 is 34.2 Å². The van der Waals surface area contributed by atoms with E-state index < -0.39 is 0 Å². The van der Waals surface area contributed by atoms with E-state index in [1.54, 1.807) is 0 Å². The Morgan fingerprint density at radius 1 is 1.23 bits per heavy atom. The molecule has 0 atom stereocenters.